The molecule has 0 unspecified atom stereocenters. The summed E-state index contributed by atoms with van der Waals surface area (Å²) in [5.41, 5.74) is -0.102. The first-order chi connectivity index (χ1) is 8.99. The van der Waals surface area contributed by atoms with Crippen LogP contribution in [-0.4, -0.2) is 15.0 Å². The minimum Gasteiger partial charge on any atom is -0.431 e. The van der Waals surface area contributed by atoms with Gasteiger partial charge in [0, 0.05) is 10.5 Å². The molecule has 1 aromatic heterocycles. The number of hydrogen-bond donors (Lipinski definition) is 1. The molecule has 1 N–H and O–H groups in total. The number of nitrogens with zero attached hydrogens (tertiary/aromatic N) is 2. The van der Waals surface area contributed by atoms with E-state index in [2.05, 4.69) is 20.9 Å². The summed E-state index contributed by atoms with van der Waals surface area (Å²) in [5.74, 6) is 0.260. The van der Waals surface area contributed by atoms with Crippen LogP contribution in [0.15, 0.2) is 22.7 Å². The third-order valence-corrected chi connectivity index (χ3v) is 3.85. The molecular weight excluding hydrogens is 360 g/mol. The van der Waals surface area contributed by atoms with Crippen molar-refractivity contribution in [3.05, 3.63) is 42.8 Å². The number of ether oxygens (including phenoxy) is 1. The van der Waals surface area contributed by atoms with Crippen molar-refractivity contribution in [2.45, 2.75) is 6.61 Å². The highest BCUT2D eigenvalue weighted by atomic mass is 79.9. The van der Waals surface area contributed by atoms with Gasteiger partial charge in [0.2, 0.25) is 0 Å². The minimum atomic E-state index is -0.522. The van der Waals surface area contributed by atoms with Gasteiger partial charge in [-0.25, -0.2) is 0 Å². The van der Waals surface area contributed by atoms with E-state index < -0.39 is 4.92 Å². The number of thiazole rings is 1. The number of aliphatic hydroxyl groups is 1. The lowest BCUT2D eigenvalue weighted by Gasteiger charge is -2.02. The Morgan fingerprint density at radius 2 is 2.26 bits per heavy atom. The van der Waals surface area contributed by atoms with E-state index in [9.17, 15) is 10.1 Å². The lowest BCUT2D eigenvalue weighted by Crippen LogP contribution is -1.90. The first kappa shape index (κ1) is 14.2. The van der Waals surface area contributed by atoms with Crippen molar-refractivity contribution in [3.8, 4) is 10.9 Å². The van der Waals surface area contributed by atoms with Gasteiger partial charge in [-0.1, -0.05) is 38.9 Å². The maximum Gasteiger partial charge on any atom is 0.280 e. The van der Waals surface area contributed by atoms with E-state index in [-0.39, 0.29) is 28.4 Å². The molecule has 0 saturated carbocycles. The Bertz CT molecular complexity index is 634. The minimum absolute atomic E-state index is 0.102. The van der Waals surface area contributed by atoms with Gasteiger partial charge in [0.25, 0.3) is 10.9 Å². The van der Waals surface area contributed by atoms with Crippen LogP contribution < -0.4 is 4.74 Å². The molecule has 2 aromatic rings. The van der Waals surface area contributed by atoms with Gasteiger partial charge < -0.3 is 9.84 Å². The lowest BCUT2D eigenvalue weighted by molar-refractivity contribution is -0.385. The molecule has 0 aliphatic heterocycles. The number of nitro groups is 1. The van der Waals surface area contributed by atoms with Crippen LogP contribution in [-0.2, 0) is 6.61 Å². The summed E-state index contributed by atoms with van der Waals surface area (Å²) < 4.78 is 5.91. The Labute approximate surface area is 124 Å². The number of non-ortho nitro benzene ring substituents is 1. The average molecular weight is 366 g/mol. The van der Waals surface area contributed by atoms with E-state index in [1.54, 1.807) is 6.07 Å². The summed E-state index contributed by atoms with van der Waals surface area (Å²) in [6, 6.07) is 4.21. The van der Waals surface area contributed by atoms with E-state index in [0.717, 1.165) is 11.3 Å². The molecule has 0 aliphatic carbocycles. The van der Waals surface area contributed by atoms with Crippen molar-refractivity contribution in [2.24, 2.45) is 0 Å². The van der Waals surface area contributed by atoms with Crippen LogP contribution in [0.4, 0.5) is 5.69 Å². The number of aromatic nitrogens is 1. The zero-order valence-electron chi connectivity index (χ0n) is 9.17. The normalized spacial score (nSPS) is 10.5. The van der Waals surface area contributed by atoms with Crippen molar-refractivity contribution < 1.29 is 14.8 Å². The molecule has 6 nitrogen and oxygen atoms in total. The van der Waals surface area contributed by atoms with Crippen molar-refractivity contribution in [2.75, 3.05) is 0 Å². The Morgan fingerprint density at radius 1 is 1.53 bits per heavy atom. The number of benzene rings is 1. The number of rotatable bonds is 4. The largest absolute Gasteiger partial charge is 0.431 e. The molecule has 0 amide bonds. The third-order valence-electron chi connectivity index (χ3n) is 2.05. The molecular formula is C10H6BrClN2O4S. The second kappa shape index (κ2) is 5.83. The Hall–Kier alpha value is -1.22. The van der Waals surface area contributed by atoms with Gasteiger partial charge in [0.05, 0.1) is 22.5 Å². The van der Waals surface area contributed by atoms with E-state index in [4.69, 9.17) is 21.4 Å². The van der Waals surface area contributed by atoms with Crippen LogP contribution >= 0.6 is 38.9 Å². The molecule has 0 bridgehead atoms. The second-order valence-electron chi connectivity index (χ2n) is 3.36. The van der Waals surface area contributed by atoms with Gasteiger partial charge >= 0.3 is 0 Å². The van der Waals surface area contributed by atoms with Crippen molar-refractivity contribution >= 4 is 44.6 Å². The summed E-state index contributed by atoms with van der Waals surface area (Å²) in [4.78, 5) is 14.6. The van der Waals surface area contributed by atoms with E-state index in [0.29, 0.717) is 9.35 Å². The molecule has 2 rings (SSSR count). The van der Waals surface area contributed by atoms with Gasteiger partial charge in [0.1, 0.15) is 10.9 Å². The maximum absolute atomic E-state index is 10.7. The number of nitro benzene ring substituents is 1. The molecule has 1 aromatic carbocycles. The van der Waals surface area contributed by atoms with Crippen LogP contribution in [0.2, 0.25) is 5.15 Å². The van der Waals surface area contributed by atoms with Gasteiger partial charge in [-0.2, -0.15) is 4.98 Å². The maximum atomic E-state index is 10.7. The Balaban J connectivity index is 2.29. The molecule has 0 fully saturated rings. The highest BCUT2D eigenvalue weighted by Crippen LogP contribution is 2.34. The van der Waals surface area contributed by atoms with E-state index in [1.165, 1.54) is 12.1 Å². The summed E-state index contributed by atoms with van der Waals surface area (Å²) in [5, 5.41) is 20.1. The number of hydrogen-bond acceptors (Lipinski definition) is 6. The SMILES string of the molecule is O=[N+]([O-])c1cc(Br)cc(Oc2nc(Cl)c(CO)s2)c1. The van der Waals surface area contributed by atoms with Gasteiger partial charge in [-0.15, -0.1) is 0 Å². The summed E-state index contributed by atoms with van der Waals surface area (Å²) in [7, 11) is 0. The molecule has 19 heavy (non-hydrogen) atoms. The zero-order chi connectivity index (χ0) is 14.0. The molecule has 100 valence electrons. The van der Waals surface area contributed by atoms with E-state index in [1.807, 2.05) is 0 Å². The standard InChI is InChI=1S/C10H6BrClN2O4S/c11-5-1-6(14(16)17)3-7(2-5)18-10-13-9(12)8(4-15)19-10/h1-3,15H,4H2. The number of aliphatic hydroxyl groups excluding tert-OH is 1. The highest BCUT2D eigenvalue weighted by Gasteiger charge is 2.13. The molecule has 0 saturated heterocycles. The average Bonchev–Trinajstić information content (AvgIpc) is 2.68. The third kappa shape index (κ3) is 3.41. The topological polar surface area (TPSA) is 85.5 Å². The Kier molecular flexibility index (Phi) is 4.35. The fraction of sp³-hybridized carbons (Fsp3) is 0.100. The molecule has 0 aliphatic rings. The molecule has 1 heterocycles. The summed E-state index contributed by atoms with van der Waals surface area (Å²) >= 11 is 10.0. The second-order valence-corrected chi connectivity index (χ2v) is 5.68. The van der Waals surface area contributed by atoms with Crippen LogP contribution in [0.5, 0.6) is 10.9 Å². The molecule has 0 radical (unpaired) electrons. The van der Waals surface area contributed by atoms with E-state index >= 15 is 0 Å². The predicted octanol–water partition coefficient (Wildman–Crippen LogP) is 3.75. The monoisotopic (exact) mass is 364 g/mol. The quantitative estimate of drug-likeness (QED) is 0.659. The predicted molar refractivity (Wildman–Crippen MR) is 73.9 cm³/mol. The first-order valence-corrected chi connectivity index (χ1v) is 6.87. The van der Waals surface area contributed by atoms with Crippen molar-refractivity contribution in [3.63, 3.8) is 0 Å². The zero-order valence-corrected chi connectivity index (χ0v) is 12.3. The molecule has 0 spiro atoms. The summed E-state index contributed by atoms with van der Waals surface area (Å²) in [6.45, 7) is -0.238. The summed E-state index contributed by atoms with van der Waals surface area (Å²) in [6.07, 6.45) is 0. The highest BCUT2D eigenvalue weighted by molar-refractivity contribution is 9.10. The first-order valence-electron chi connectivity index (χ1n) is 4.88. The van der Waals surface area contributed by atoms with Crippen LogP contribution in [0, 0.1) is 10.1 Å². The fourth-order valence-electron chi connectivity index (χ4n) is 1.27. The van der Waals surface area contributed by atoms with Gasteiger partial charge in [-0.05, 0) is 6.07 Å². The molecule has 0 atom stereocenters. The number of halogens is 2. The van der Waals surface area contributed by atoms with Crippen molar-refractivity contribution in [1.82, 2.24) is 4.98 Å². The van der Waals surface area contributed by atoms with Crippen LogP contribution in [0.25, 0.3) is 0 Å². The lowest BCUT2D eigenvalue weighted by atomic mass is 10.3. The fourth-order valence-corrected chi connectivity index (χ4v) is 2.71. The van der Waals surface area contributed by atoms with Gasteiger partial charge in [0.15, 0.2) is 0 Å². The smallest absolute Gasteiger partial charge is 0.280 e. The Morgan fingerprint density at radius 3 is 2.84 bits per heavy atom. The van der Waals surface area contributed by atoms with Gasteiger partial charge in [-0.3, -0.25) is 10.1 Å². The van der Waals surface area contributed by atoms with Crippen LogP contribution in [0.1, 0.15) is 4.88 Å². The molecule has 9 heteroatoms. The van der Waals surface area contributed by atoms with Crippen molar-refractivity contribution in [1.29, 1.82) is 0 Å². The van der Waals surface area contributed by atoms with Crippen LogP contribution in [0.3, 0.4) is 0 Å².